The van der Waals surface area contributed by atoms with Gasteiger partial charge in [-0.2, -0.15) is 0 Å². The number of methoxy groups -OCH3 is 1. The van der Waals surface area contributed by atoms with Crippen molar-refractivity contribution >= 4 is 5.91 Å². The molecular formula is C10H21NO3. The molecule has 4 nitrogen and oxygen atoms in total. The predicted octanol–water partition coefficient (Wildman–Crippen LogP) is 0.404. The van der Waals surface area contributed by atoms with E-state index < -0.39 is 0 Å². The second-order valence-electron chi connectivity index (χ2n) is 3.86. The summed E-state index contributed by atoms with van der Waals surface area (Å²) >= 11 is 0. The Morgan fingerprint density at radius 3 is 2.57 bits per heavy atom. The lowest BCUT2D eigenvalue weighted by molar-refractivity contribution is -0.122. The van der Waals surface area contributed by atoms with Crippen LogP contribution in [0, 0.1) is 11.8 Å². The van der Waals surface area contributed by atoms with Crippen molar-refractivity contribution in [1.29, 1.82) is 0 Å². The Bertz CT molecular complexity index is 161. The third-order valence-electron chi connectivity index (χ3n) is 1.94. The Kier molecular flexibility index (Phi) is 7.42. The van der Waals surface area contributed by atoms with Crippen LogP contribution in [0.4, 0.5) is 0 Å². The molecule has 84 valence electrons. The van der Waals surface area contributed by atoms with Gasteiger partial charge in [0.2, 0.25) is 5.91 Å². The first-order valence-corrected chi connectivity index (χ1v) is 4.96. The Morgan fingerprint density at radius 2 is 2.07 bits per heavy atom. The second kappa shape index (κ2) is 7.76. The van der Waals surface area contributed by atoms with Gasteiger partial charge in [0.25, 0.3) is 0 Å². The molecule has 0 rings (SSSR count). The van der Waals surface area contributed by atoms with Crippen molar-refractivity contribution in [3.8, 4) is 0 Å². The van der Waals surface area contributed by atoms with Crippen LogP contribution in [-0.4, -0.2) is 37.9 Å². The first kappa shape index (κ1) is 13.4. The average molecular weight is 203 g/mol. The number of nitrogens with one attached hydrogen (secondary N) is 1. The molecule has 0 aliphatic heterocycles. The van der Waals surface area contributed by atoms with Crippen molar-refractivity contribution in [3.63, 3.8) is 0 Å². The van der Waals surface area contributed by atoms with E-state index in [1.165, 1.54) is 0 Å². The summed E-state index contributed by atoms with van der Waals surface area (Å²) in [6.45, 7) is 5.10. The number of rotatable bonds is 7. The van der Waals surface area contributed by atoms with Crippen molar-refractivity contribution in [2.24, 2.45) is 11.8 Å². The standard InChI is InChI=1S/C10H21NO3/c1-8(7-14-3)4-10(13)11-5-9(2)6-12/h8-9,12H,4-7H2,1-3H3,(H,11,13). The lowest BCUT2D eigenvalue weighted by atomic mass is 10.1. The molecule has 2 unspecified atom stereocenters. The third kappa shape index (κ3) is 6.86. The lowest BCUT2D eigenvalue weighted by Gasteiger charge is -2.12. The van der Waals surface area contributed by atoms with Crippen LogP contribution >= 0.6 is 0 Å². The zero-order valence-corrected chi connectivity index (χ0v) is 9.25. The molecule has 0 aromatic heterocycles. The van der Waals surface area contributed by atoms with E-state index in [2.05, 4.69) is 5.32 Å². The van der Waals surface area contributed by atoms with E-state index in [0.717, 1.165) is 0 Å². The zero-order valence-electron chi connectivity index (χ0n) is 9.25. The molecule has 0 aliphatic rings. The van der Waals surface area contributed by atoms with E-state index in [-0.39, 0.29) is 24.3 Å². The van der Waals surface area contributed by atoms with Gasteiger partial charge in [0, 0.05) is 33.3 Å². The van der Waals surface area contributed by atoms with Gasteiger partial charge >= 0.3 is 0 Å². The van der Waals surface area contributed by atoms with Gasteiger partial charge in [-0.15, -0.1) is 0 Å². The summed E-state index contributed by atoms with van der Waals surface area (Å²) in [6, 6.07) is 0. The van der Waals surface area contributed by atoms with E-state index in [1.807, 2.05) is 13.8 Å². The van der Waals surface area contributed by atoms with Gasteiger partial charge in [0.05, 0.1) is 0 Å². The summed E-state index contributed by atoms with van der Waals surface area (Å²) in [5.41, 5.74) is 0. The maximum Gasteiger partial charge on any atom is 0.220 e. The Labute approximate surface area is 85.6 Å². The summed E-state index contributed by atoms with van der Waals surface area (Å²) in [7, 11) is 1.63. The summed E-state index contributed by atoms with van der Waals surface area (Å²) in [5.74, 6) is 0.385. The highest BCUT2D eigenvalue weighted by Crippen LogP contribution is 2.01. The number of aliphatic hydroxyl groups is 1. The van der Waals surface area contributed by atoms with Crippen molar-refractivity contribution < 1.29 is 14.6 Å². The van der Waals surface area contributed by atoms with Crippen LogP contribution in [0.3, 0.4) is 0 Å². The number of amides is 1. The normalized spacial score (nSPS) is 14.9. The molecule has 0 aliphatic carbocycles. The molecule has 0 fully saturated rings. The number of hydrogen-bond acceptors (Lipinski definition) is 3. The molecule has 0 bridgehead atoms. The number of carbonyl (C=O) groups is 1. The van der Waals surface area contributed by atoms with Gasteiger partial charge in [0.1, 0.15) is 0 Å². The van der Waals surface area contributed by atoms with Crippen LogP contribution in [0.5, 0.6) is 0 Å². The minimum atomic E-state index is 0.0230. The zero-order chi connectivity index (χ0) is 11.0. The molecule has 0 saturated carbocycles. The number of carbonyl (C=O) groups excluding carboxylic acids is 1. The van der Waals surface area contributed by atoms with Crippen LogP contribution in [0.25, 0.3) is 0 Å². The summed E-state index contributed by atoms with van der Waals surface area (Å²) in [6.07, 6.45) is 0.478. The van der Waals surface area contributed by atoms with Gasteiger partial charge in [-0.05, 0) is 11.8 Å². The summed E-state index contributed by atoms with van der Waals surface area (Å²) < 4.78 is 4.93. The van der Waals surface area contributed by atoms with Crippen LogP contribution in [0.15, 0.2) is 0 Å². The molecule has 0 saturated heterocycles. The highest BCUT2D eigenvalue weighted by atomic mass is 16.5. The molecule has 0 aromatic rings. The third-order valence-corrected chi connectivity index (χ3v) is 1.94. The predicted molar refractivity (Wildman–Crippen MR) is 54.9 cm³/mol. The monoisotopic (exact) mass is 203 g/mol. The van der Waals surface area contributed by atoms with Crippen molar-refractivity contribution in [1.82, 2.24) is 5.32 Å². The van der Waals surface area contributed by atoms with Crippen molar-refractivity contribution in [3.05, 3.63) is 0 Å². The number of ether oxygens (including phenoxy) is 1. The molecule has 4 heteroatoms. The largest absolute Gasteiger partial charge is 0.396 e. The first-order chi connectivity index (χ1) is 6.60. The molecule has 2 atom stereocenters. The summed E-state index contributed by atoms with van der Waals surface area (Å²) in [5, 5.41) is 11.5. The highest BCUT2D eigenvalue weighted by molar-refractivity contribution is 5.76. The molecule has 0 heterocycles. The van der Waals surface area contributed by atoms with E-state index >= 15 is 0 Å². The Balaban J connectivity index is 3.54. The molecule has 1 amide bonds. The fourth-order valence-corrected chi connectivity index (χ4v) is 1.08. The van der Waals surface area contributed by atoms with E-state index in [0.29, 0.717) is 19.6 Å². The fourth-order valence-electron chi connectivity index (χ4n) is 1.08. The number of hydrogen-bond donors (Lipinski definition) is 2. The summed E-state index contributed by atoms with van der Waals surface area (Å²) in [4.78, 5) is 11.3. The van der Waals surface area contributed by atoms with Gasteiger partial charge in [-0.1, -0.05) is 13.8 Å². The van der Waals surface area contributed by atoms with Crippen LogP contribution < -0.4 is 5.32 Å². The Morgan fingerprint density at radius 1 is 1.43 bits per heavy atom. The lowest BCUT2D eigenvalue weighted by Crippen LogP contribution is -2.31. The van der Waals surface area contributed by atoms with Crippen LogP contribution in [-0.2, 0) is 9.53 Å². The molecule has 0 spiro atoms. The molecule has 14 heavy (non-hydrogen) atoms. The van der Waals surface area contributed by atoms with E-state index in [1.54, 1.807) is 7.11 Å². The maximum absolute atomic E-state index is 11.3. The van der Waals surface area contributed by atoms with Gasteiger partial charge in [-0.3, -0.25) is 4.79 Å². The Hall–Kier alpha value is -0.610. The topological polar surface area (TPSA) is 58.6 Å². The van der Waals surface area contributed by atoms with Crippen molar-refractivity contribution in [2.45, 2.75) is 20.3 Å². The number of aliphatic hydroxyl groups excluding tert-OH is 1. The maximum atomic E-state index is 11.3. The van der Waals surface area contributed by atoms with Crippen molar-refractivity contribution in [2.75, 3.05) is 26.9 Å². The minimum absolute atomic E-state index is 0.0230. The highest BCUT2D eigenvalue weighted by Gasteiger charge is 2.09. The SMILES string of the molecule is COCC(C)CC(=O)NCC(C)CO. The van der Waals surface area contributed by atoms with Crippen LogP contribution in [0.2, 0.25) is 0 Å². The van der Waals surface area contributed by atoms with Gasteiger partial charge in [0.15, 0.2) is 0 Å². The van der Waals surface area contributed by atoms with Crippen LogP contribution in [0.1, 0.15) is 20.3 Å². The smallest absolute Gasteiger partial charge is 0.220 e. The average Bonchev–Trinajstić information content (AvgIpc) is 2.14. The second-order valence-corrected chi connectivity index (χ2v) is 3.86. The van der Waals surface area contributed by atoms with E-state index in [4.69, 9.17) is 9.84 Å². The molecule has 2 N–H and O–H groups in total. The quantitative estimate of drug-likeness (QED) is 0.630. The molecule has 0 radical (unpaired) electrons. The minimum Gasteiger partial charge on any atom is -0.396 e. The first-order valence-electron chi connectivity index (χ1n) is 4.96. The molecule has 0 aromatic carbocycles. The van der Waals surface area contributed by atoms with Gasteiger partial charge < -0.3 is 15.2 Å². The fraction of sp³-hybridized carbons (Fsp3) is 0.900. The van der Waals surface area contributed by atoms with Gasteiger partial charge in [-0.25, -0.2) is 0 Å². The molecular weight excluding hydrogens is 182 g/mol. The van der Waals surface area contributed by atoms with E-state index in [9.17, 15) is 4.79 Å².